The summed E-state index contributed by atoms with van der Waals surface area (Å²) in [7, 11) is 1.54. The number of fused-ring (bicyclic) bond motifs is 2. The van der Waals surface area contributed by atoms with Crippen molar-refractivity contribution in [2.45, 2.75) is 6.92 Å². The molecule has 0 fully saturated rings. The van der Waals surface area contributed by atoms with E-state index < -0.39 is 0 Å². The highest BCUT2D eigenvalue weighted by atomic mass is 35.5. The largest absolute Gasteiger partial charge is 0.497 e. The van der Waals surface area contributed by atoms with Gasteiger partial charge in [-0.05, 0) is 55.0 Å². The number of carbonyl (C=O) groups is 1. The second-order valence-electron chi connectivity index (χ2n) is 6.43. The number of hydrogen-bond acceptors (Lipinski definition) is 4. The summed E-state index contributed by atoms with van der Waals surface area (Å²) in [5.74, 6) is 0.307. The van der Waals surface area contributed by atoms with Crippen LogP contribution in [-0.4, -0.2) is 13.0 Å². The average Bonchev–Trinajstić information content (AvgIpc) is 2.69. The molecule has 4 aromatic rings. The number of amides is 1. The Morgan fingerprint density at radius 1 is 1.04 bits per heavy atom. The molecule has 6 heteroatoms. The molecule has 140 valence electrons. The van der Waals surface area contributed by atoms with Gasteiger partial charge in [0.05, 0.1) is 17.9 Å². The molecule has 1 amide bonds. The zero-order valence-electron chi connectivity index (χ0n) is 15.2. The molecule has 1 N–H and O–H groups in total. The highest BCUT2D eigenvalue weighted by molar-refractivity contribution is 6.32. The first-order valence-corrected chi connectivity index (χ1v) is 8.96. The number of carbonyl (C=O) groups excluding carboxylic acids is 1. The maximum atomic E-state index is 12.8. The highest BCUT2D eigenvalue weighted by Crippen LogP contribution is 2.26. The van der Waals surface area contributed by atoms with Gasteiger partial charge in [-0.1, -0.05) is 17.7 Å². The van der Waals surface area contributed by atoms with Crippen LogP contribution in [0.15, 0.2) is 63.8 Å². The number of rotatable bonds is 3. The Balaban J connectivity index is 1.74. The molecule has 3 aromatic carbocycles. The maximum absolute atomic E-state index is 12.8. The first-order valence-electron chi connectivity index (χ1n) is 8.58. The van der Waals surface area contributed by atoms with Crippen LogP contribution in [0.4, 0.5) is 5.69 Å². The van der Waals surface area contributed by atoms with Crippen LogP contribution in [-0.2, 0) is 0 Å². The molecule has 5 nitrogen and oxygen atoms in total. The number of benzene rings is 3. The Morgan fingerprint density at radius 3 is 2.61 bits per heavy atom. The van der Waals surface area contributed by atoms with E-state index in [1.165, 1.54) is 0 Å². The Bertz CT molecular complexity index is 1290. The molecule has 0 unspecified atom stereocenters. The van der Waals surface area contributed by atoms with E-state index in [2.05, 4.69) is 5.32 Å². The van der Waals surface area contributed by atoms with Gasteiger partial charge in [-0.2, -0.15) is 0 Å². The lowest BCUT2D eigenvalue weighted by Gasteiger charge is -2.08. The number of nitrogens with one attached hydrogen (secondary N) is 1. The lowest BCUT2D eigenvalue weighted by Crippen LogP contribution is -2.12. The van der Waals surface area contributed by atoms with Gasteiger partial charge in [0.25, 0.3) is 5.91 Å². The van der Waals surface area contributed by atoms with Gasteiger partial charge in [-0.15, -0.1) is 0 Å². The predicted octanol–water partition coefficient (Wildman–Crippen LogP) is 5.17. The SMILES string of the molecule is COc1cccc(C(=O)Nc2ccc3c(=O)c4cc(Cl)c(C)cc4oc3c2)c1. The summed E-state index contributed by atoms with van der Waals surface area (Å²) in [5.41, 5.74) is 2.49. The van der Waals surface area contributed by atoms with Crippen molar-refractivity contribution in [3.63, 3.8) is 0 Å². The van der Waals surface area contributed by atoms with Crippen LogP contribution in [0.2, 0.25) is 5.02 Å². The van der Waals surface area contributed by atoms with E-state index >= 15 is 0 Å². The lowest BCUT2D eigenvalue weighted by molar-refractivity contribution is 0.102. The third-order valence-electron chi connectivity index (χ3n) is 4.54. The normalized spacial score (nSPS) is 11.0. The number of halogens is 1. The monoisotopic (exact) mass is 393 g/mol. The van der Waals surface area contributed by atoms with Gasteiger partial charge < -0.3 is 14.5 Å². The van der Waals surface area contributed by atoms with E-state index in [9.17, 15) is 9.59 Å². The molecular formula is C22H16ClNO4. The molecule has 0 aliphatic rings. The predicted molar refractivity (Wildman–Crippen MR) is 111 cm³/mol. The topological polar surface area (TPSA) is 68.5 Å². The minimum absolute atomic E-state index is 0.163. The van der Waals surface area contributed by atoms with Crippen molar-refractivity contribution in [2.24, 2.45) is 0 Å². The fourth-order valence-electron chi connectivity index (χ4n) is 3.02. The van der Waals surface area contributed by atoms with Gasteiger partial charge >= 0.3 is 0 Å². The van der Waals surface area contributed by atoms with E-state index in [4.69, 9.17) is 20.8 Å². The number of aryl methyl sites for hydroxylation is 1. The molecule has 28 heavy (non-hydrogen) atoms. The van der Waals surface area contributed by atoms with E-state index in [-0.39, 0.29) is 11.3 Å². The average molecular weight is 394 g/mol. The summed E-state index contributed by atoms with van der Waals surface area (Å²) < 4.78 is 11.0. The van der Waals surface area contributed by atoms with Crippen LogP contribution in [0.1, 0.15) is 15.9 Å². The van der Waals surface area contributed by atoms with E-state index in [0.717, 1.165) is 5.56 Å². The minimum Gasteiger partial charge on any atom is -0.497 e. The molecule has 0 radical (unpaired) electrons. The second-order valence-corrected chi connectivity index (χ2v) is 6.83. The summed E-state index contributed by atoms with van der Waals surface area (Å²) >= 11 is 6.14. The van der Waals surface area contributed by atoms with Crippen molar-refractivity contribution < 1.29 is 13.9 Å². The van der Waals surface area contributed by atoms with E-state index in [0.29, 0.717) is 44.0 Å². The molecule has 0 bridgehead atoms. The fraction of sp³-hybridized carbons (Fsp3) is 0.0909. The molecule has 4 rings (SSSR count). The van der Waals surface area contributed by atoms with Crippen molar-refractivity contribution in [3.05, 3.63) is 81.0 Å². The van der Waals surface area contributed by atoms with Crippen LogP contribution in [0.5, 0.6) is 5.75 Å². The van der Waals surface area contributed by atoms with E-state index in [1.54, 1.807) is 61.7 Å². The van der Waals surface area contributed by atoms with Gasteiger partial charge in [0, 0.05) is 22.3 Å². The number of anilines is 1. The van der Waals surface area contributed by atoms with Crippen LogP contribution in [0.3, 0.4) is 0 Å². The lowest BCUT2D eigenvalue weighted by atomic mass is 10.1. The second kappa shape index (κ2) is 7.02. The Hall–Kier alpha value is -3.31. The summed E-state index contributed by atoms with van der Waals surface area (Å²) in [4.78, 5) is 25.3. The van der Waals surface area contributed by atoms with Crippen molar-refractivity contribution in [1.29, 1.82) is 0 Å². The zero-order chi connectivity index (χ0) is 19.8. The number of ether oxygens (including phenoxy) is 1. The van der Waals surface area contributed by atoms with Gasteiger partial charge in [0.15, 0.2) is 0 Å². The Kier molecular flexibility index (Phi) is 4.53. The molecular weight excluding hydrogens is 378 g/mol. The molecule has 1 heterocycles. The summed E-state index contributed by atoms with van der Waals surface area (Å²) in [6, 6.07) is 15.1. The van der Waals surface area contributed by atoms with Crippen molar-refractivity contribution in [2.75, 3.05) is 12.4 Å². The molecule has 0 aliphatic heterocycles. The maximum Gasteiger partial charge on any atom is 0.255 e. The molecule has 0 saturated carbocycles. The van der Waals surface area contributed by atoms with Gasteiger partial charge in [-0.3, -0.25) is 9.59 Å². The highest BCUT2D eigenvalue weighted by Gasteiger charge is 2.12. The van der Waals surface area contributed by atoms with Crippen molar-refractivity contribution >= 4 is 45.1 Å². The number of hydrogen-bond donors (Lipinski definition) is 1. The van der Waals surface area contributed by atoms with Gasteiger partial charge in [-0.25, -0.2) is 0 Å². The zero-order valence-corrected chi connectivity index (χ0v) is 16.0. The quantitative estimate of drug-likeness (QED) is 0.487. The summed E-state index contributed by atoms with van der Waals surface area (Å²) in [6.07, 6.45) is 0. The third kappa shape index (κ3) is 3.21. The molecule has 0 saturated heterocycles. The van der Waals surface area contributed by atoms with Crippen LogP contribution in [0, 0.1) is 6.92 Å². The third-order valence-corrected chi connectivity index (χ3v) is 4.95. The fourth-order valence-corrected chi connectivity index (χ4v) is 3.18. The van der Waals surface area contributed by atoms with Gasteiger partial charge in [0.1, 0.15) is 16.9 Å². The number of methoxy groups -OCH3 is 1. The molecule has 0 atom stereocenters. The van der Waals surface area contributed by atoms with Crippen molar-refractivity contribution in [1.82, 2.24) is 0 Å². The van der Waals surface area contributed by atoms with Crippen molar-refractivity contribution in [3.8, 4) is 5.75 Å². The Morgan fingerprint density at radius 2 is 1.82 bits per heavy atom. The molecule has 1 aromatic heterocycles. The molecule has 0 aliphatic carbocycles. The van der Waals surface area contributed by atoms with Gasteiger partial charge in [0.2, 0.25) is 5.43 Å². The summed E-state index contributed by atoms with van der Waals surface area (Å²) in [5, 5.41) is 4.18. The van der Waals surface area contributed by atoms with Crippen LogP contribution < -0.4 is 15.5 Å². The van der Waals surface area contributed by atoms with E-state index in [1.807, 2.05) is 6.92 Å². The van der Waals surface area contributed by atoms with Crippen LogP contribution >= 0.6 is 11.6 Å². The smallest absolute Gasteiger partial charge is 0.255 e. The summed E-state index contributed by atoms with van der Waals surface area (Å²) in [6.45, 7) is 1.84. The van der Waals surface area contributed by atoms with Crippen LogP contribution in [0.25, 0.3) is 21.9 Å². The minimum atomic E-state index is -0.288. The first kappa shape index (κ1) is 18.1. The Labute approximate surface area is 165 Å². The standard InChI is InChI=1S/C22H16ClNO4/c1-12-8-19-17(11-18(12)23)21(25)16-7-6-14(10-20(16)28-19)24-22(26)13-4-3-5-15(9-13)27-2/h3-11H,1-2H3,(H,24,26). The molecule has 0 spiro atoms. The first-order chi connectivity index (χ1) is 13.5.